The Morgan fingerprint density at radius 2 is 1.68 bits per heavy atom. The standard InChI is InChI=1S/C24H22N4O2S/c1-17-7-5-6-10-21(17)30-15-22-26-24(28-27-22)31-16-23(29)25-20-13-11-19(12-14-20)18-8-3-2-4-9-18/h2-14H,15-16H2,1H3,(H,25,29)(H,26,27,28). The minimum atomic E-state index is -0.111. The summed E-state index contributed by atoms with van der Waals surface area (Å²) < 4.78 is 5.76. The lowest BCUT2D eigenvalue weighted by Gasteiger charge is -2.06. The van der Waals surface area contributed by atoms with Crippen LogP contribution in [0.1, 0.15) is 11.4 Å². The fourth-order valence-electron chi connectivity index (χ4n) is 2.98. The summed E-state index contributed by atoms with van der Waals surface area (Å²) in [5.41, 5.74) is 4.06. The van der Waals surface area contributed by atoms with Gasteiger partial charge in [-0.25, -0.2) is 4.98 Å². The molecule has 0 bridgehead atoms. The fourth-order valence-corrected chi connectivity index (χ4v) is 3.59. The molecule has 1 amide bonds. The maximum Gasteiger partial charge on any atom is 0.234 e. The Hall–Kier alpha value is -3.58. The number of aryl methyl sites for hydroxylation is 1. The topological polar surface area (TPSA) is 79.9 Å². The van der Waals surface area contributed by atoms with Gasteiger partial charge in [-0.05, 0) is 41.8 Å². The van der Waals surface area contributed by atoms with Crippen LogP contribution in [0.3, 0.4) is 0 Å². The number of para-hydroxylation sites is 1. The molecule has 1 aromatic heterocycles. The predicted octanol–water partition coefficient (Wildman–Crippen LogP) is 5.09. The molecule has 7 heteroatoms. The summed E-state index contributed by atoms with van der Waals surface area (Å²) in [6.07, 6.45) is 0. The smallest absolute Gasteiger partial charge is 0.234 e. The molecule has 4 aromatic rings. The molecule has 31 heavy (non-hydrogen) atoms. The van der Waals surface area contributed by atoms with E-state index < -0.39 is 0 Å². The van der Waals surface area contributed by atoms with Crippen LogP contribution >= 0.6 is 11.8 Å². The third kappa shape index (κ3) is 5.73. The molecule has 0 unspecified atom stereocenters. The van der Waals surface area contributed by atoms with Crippen molar-refractivity contribution >= 4 is 23.4 Å². The van der Waals surface area contributed by atoms with Gasteiger partial charge in [0, 0.05) is 5.69 Å². The van der Waals surface area contributed by atoms with Gasteiger partial charge in [-0.1, -0.05) is 72.4 Å². The van der Waals surface area contributed by atoms with Gasteiger partial charge in [-0.2, -0.15) is 0 Å². The maximum atomic E-state index is 12.3. The van der Waals surface area contributed by atoms with Crippen LogP contribution < -0.4 is 10.1 Å². The summed E-state index contributed by atoms with van der Waals surface area (Å²) in [6.45, 7) is 2.28. The predicted molar refractivity (Wildman–Crippen MR) is 123 cm³/mol. The highest BCUT2D eigenvalue weighted by atomic mass is 32.2. The molecule has 0 radical (unpaired) electrons. The number of aromatic amines is 1. The number of hydrogen-bond donors (Lipinski definition) is 2. The summed E-state index contributed by atoms with van der Waals surface area (Å²) >= 11 is 1.27. The second-order valence-electron chi connectivity index (χ2n) is 6.90. The SMILES string of the molecule is Cc1ccccc1OCc1nc(SCC(=O)Nc2ccc(-c3ccccc3)cc2)n[nH]1. The first-order chi connectivity index (χ1) is 15.2. The van der Waals surface area contributed by atoms with E-state index in [2.05, 4.69) is 32.6 Å². The first kappa shape index (κ1) is 20.7. The van der Waals surface area contributed by atoms with E-state index in [0.29, 0.717) is 17.6 Å². The highest BCUT2D eigenvalue weighted by Gasteiger charge is 2.09. The van der Waals surface area contributed by atoms with E-state index in [1.54, 1.807) is 0 Å². The molecule has 0 aliphatic carbocycles. The van der Waals surface area contributed by atoms with Gasteiger partial charge >= 0.3 is 0 Å². The van der Waals surface area contributed by atoms with Crippen molar-refractivity contribution in [1.82, 2.24) is 15.2 Å². The Bertz CT molecular complexity index is 1140. The molecule has 0 fully saturated rings. The molecule has 0 aliphatic rings. The highest BCUT2D eigenvalue weighted by Crippen LogP contribution is 2.22. The number of ether oxygens (including phenoxy) is 1. The first-order valence-corrected chi connectivity index (χ1v) is 10.8. The van der Waals surface area contributed by atoms with Crippen LogP contribution in [0.2, 0.25) is 0 Å². The quantitative estimate of drug-likeness (QED) is 0.381. The van der Waals surface area contributed by atoms with E-state index in [4.69, 9.17) is 4.74 Å². The molecule has 1 heterocycles. The van der Waals surface area contributed by atoms with Gasteiger partial charge in [0.25, 0.3) is 0 Å². The molecule has 6 nitrogen and oxygen atoms in total. The average Bonchev–Trinajstić information content (AvgIpc) is 3.26. The molecule has 3 aromatic carbocycles. The lowest BCUT2D eigenvalue weighted by atomic mass is 10.1. The van der Waals surface area contributed by atoms with Crippen molar-refractivity contribution in [1.29, 1.82) is 0 Å². The van der Waals surface area contributed by atoms with Gasteiger partial charge in [0.05, 0.1) is 5.75 Å². The summed E-state index contributed by atoms with van der Waals surface area (Å²) in [5, 5.41) is 10.4. The van der Waals surface area contributed by atoms with E-state index in [0.717, 1.165) is 28.1 Å². The van der Waals surface area contributed by atoms with Crippen LogP contribution in [0.15, 0.2) is 84.0 Å². The number of nitrogens with one attached hydrogen (secondary N) is 2. The van der Waals surface area contributed by atoms with Gasteiger partial charge in [-0.15, -0.1) is 5.10 Å². The molecule has 0 saturated heterocycles. The summed E-state index contributed by atoms with van der Waals surface area (Å²) in [7, 11) is 0. The Labute approximate surface area is 185 Å². The number of carbonyl (C=O) groups is 1. The van der Waals surface area contributed by atoms with Crippen molar-refractivity contribution in [2.24, 2.45) is 0 Å². The van der Waals surface area contributed by atoms with Crippen molar-refractivity contribution in [3.05, 3.63) is 90.3 Å². The van der Waals surface area contributed by atoms with Crippen molar-refractivity contribution in [3.8, 4) is 16.9 Å². The fraction of sp³-hybridized carbons (Fsp3) is 0.125. The van der Waals surface area contributed by atoms with Crippen molar-refractivity contribution in [2.75, 3.05) is 11.1 Å². The third-order valence-corrected chi connectivity index (χ3v) is 5.42. The van der Waals surface area contributed by atoms with Gasteiger partial charge in [0.1, 0.15) is 12.4 Å². The lowest BCUT2D eigenvalue weighted by molar-refractivity contribution is -0.113. The second-order valence-corrected chi connectivity index (χ2v) is 7.84. The number of rotatable bonds is 8. The van der Waals surface area contributed by atoms with Crippen LogP contribution in [0, 0.1) is 6.92 Å². The van der Waals surface area contributed by atoms with Crippen LogP contribution in [0.25, 0.3) is 11.1 Å². The van der Waals surface area contributed by atoms with Crippen molar-refractivity contribution < 1.29 is 9.53 Å². The second kappa shape index (κ2) is 9.95. The number of thioether (sulfide) groups is 1. The zero-order chi connectivity index (χ0) is 21.5. The summed E-state index contributed by atoms with van der Waals surface area (Å²) in [6, 6.07) is 25.7. The molecule has 0 spiro atoms. The van der Waals surface area contributed by atoms with Gasteiger partial charge in [0.2, 0.25) is 11.1 Å². The van der Waals surface area contributed by atoms with E-state index in [-0.39, 0.29) is 11.7 Å². The number of benzene rings is 3. The van der Waals surface area contributed by atoms with Gasteiger partial charge in [-0.3, -0.25) is 9.89 Å². The van der Waals surface area contributed by atoms with Crippen LogP contribution in [-0.4, -0.2) is 26.8 Å². The number of carbonyl (C=O) groups excluding carboxylic acids is 1. The van der Waals surface area contributed by atoms with Crippen LogP contribution in [0.4, 0.5) is 5.69 Å². The monoisotopic (exact) mass is 430 g/mol. The van der Waals surface area contributed by atoms with Gasteiger partial charge in [0.15, 0.2) is 5.82 Å². The average molecular weight is 431 g/mol. The molecule has 2 N–H and O–H groups in total. The Morgan fingerprint density at radius 1 is 0.968 bits per heavy atom. The molecular formula is C24H22N4O2S. The summed E-state index contributed by atoms with van der Waals surface area (Å²) in [4.78, 5) is 16.6. The third-order valence-electron chi connectivity index (χ3n) is 4.58. The molecule has 0 saturated carbocycles. The molecule has 0 atom stereocenters. The highest BCUT2D eigenvalue weighted by molar-refractivity contribution is 7.99. The minimum Gasteiger partial charge on any atom is -0.485 e. The number of H-pyrrole nitrogens is 1. The maximum absolute atomic E-state index is 12.3. The van der Waals surface area contributed by atoms with Gasteiger partial charge < -0.3 is 10.1 Å². The molecule has 0 aliphatic heterocycles. The largest absolute Gasteiger partial charge is 0.485 e. The number of nitrogens with zero attached hydrogens (tertiary/aromatic N) is 2. The Morgan fingerprint density at radius 3 is 2.45 bits per heavy atom. The van der Waals surface area contributed by atoms with Crippen molar-refractivity contribution in [2.45, 2.75) is 18.7 Å². The molecular weight excluding hydrogens is 408 g/mol. The normalized spacial score (nSPS) is 10.6. The number of hydrogen-bond acceptors (Lipinski definition) is 5. The zero-order valence-corrected chi connectivity index (χ0v) is 17.9. The van der Waals surface area contributed by atoms with Crippen LogP contribution in [0.5, 0.6) is 5.75 Å². The number of amides is 1. The van der Waals surface area contributed by atoms with Crippen molar-refractivity contribution in [3.63, 3.8) is 0 Å². The van der Waals surface area contributed by atoms with E-state index in [1.807, 2.05) is 73.7 Å². The van der Waals surface area contributed by atoms with E-state index in [1.165, 1.54) is 11.8 Å². The Kier molecular flexibility index (Phi) is 6.64. The zero-order valence-electron chi connectivity index (χ0n) is 17.0. The van der Waals surface area contributed by atoms with E-state index >= 15 is 0 Å². The number of anilines is 1. The molecule has 4 rings (SSSR count). The lowest BCUT2D eigenvalue weighted by Crippen LogP contribution is -2.14. The summed E-state index contributed by atoms with van der Waals surface area (Å²) in [5.74, 6) is 1.53. The molecule has 156 valence electrons. The Balaban J connectivity index is 1.25. The minimum absolute atomic E-state index is 0.111. The first-order valence-electron chi connectivity index (χ1n) is 9.85. The van der Waals surface area contributed by atoms with E-state index in [9.17, 15) is 4.79 Å². The number of aromatic nitrogens is 3. The van der Waals surface area contributed by atoms with Crippen LogP contribution in [-0.2, 0) is 11.4 Å².